The summed E-state index contributed by atoms with van der Waals surface area (Å²) in [6, 6.07) is 12.9. The van der Waals surface area contributed by atoms with Crippen LogP contribution in [0, 0.1) is 0 Å². The van der Waals surface area contributed by atoms with Gasteiger partial charge in [0.15, 0.2) is 0 Å². The number of piperazine rings is 1. The van der Waals surface area contributed by atoms with E-state index in [4.69, 9.17) is 16.3 Å². The van der Waals surface area contributed by atoms with Crippen molar-refractivity contribution in [1.29, 1.82) is 0 Å². The van der Waals surface area contributed by atoms with Crippen LogP contribution in [0.1, 0.15) is 12.0 Å². The molecule has 1 aliphatic rings. The van der Waals surface area contributed by atoms with Gasteiger partial charge in [-0.1, -0.05) is 17.7 Å². The molecule has 9 heteroatoms. The van der Waals surface area contributed by atoms with Crippen molar-refractivity contribution in [3.63, 3.8) is 0 Å². The zero-order valence-electron chi connectivity index (χ0n) is 18.3. The summed E-state index contributed by atoms with van der Waals surface area (Å²) in [6.07, 6.45) is -3.59. The molecule has 0 unspecified atom stereocenters. The largest absolute Gasteiger partial charge is 0.493 e. The molecule has 0 atom stereocenters. The molecule has 4 rings (SSSR count). The van der Waals surface area contributed by atoms with E-state index in [1.807, 2.05) is 24.3 Å². The van der Waals surface area contributed by atoms with Gasteiger partial charge in [0.25, 0.3) is 0 Å². The van der Waals surface area contributed by atoms with E-state index in [2.05, 4.69) is 27.1 Å². The van der Waals surface area contributed by atoms with Gasteiger partial charge >= 0.3 is 6.18 Å². The fourth-order valence-corrected chi connectivity index (χ4v) is 4.06. The molecule has 0 radical (unpaired) electrons. The zero-order valence-corrected chi connectivity index (χ0v) is 19.1. The molecular formula is C24H26ClF3N4O. The summed E-state index contributed by atoms with van der Waals surface area (Å²) in [4.78, 5) is 9.32. The van der Waals surface area contributed by atoms with Crippen LogP contribution in [0.25, 0.3) is 10.9 Å². The highest BCUT2D eigenvalue weighted by Gasteiger charge is 2.33. The zero-order chi connectivity index (χ0) is 23.4. The van der Waals surface area contributed by atoms with Crippen LogP contribution in [0.15, 0.2) is 48.5 Å². The first kappa shape index (κ1) is 23.6. The van der Waals surface area contributed by atoms with Gasteiger partial charge < -0.3 is 19.9 Å². The third kappa shape index (κ3) is 6.07. The molecule has 3 aromatic rings. The van der Waals surface area contributed by atoms with Gasteiger partial charge in [-0.15, -0.1) is 0 Å². The fraction of sp³-hybridized carbons (Fsp3) is 0.375. The van der Waals surface area contributed by atoms with Gasteiger partial charge in [0.05, 0.1) is 22.7 Å². The van der Waals surface area contributed by atoms with Crippen LogP contribution in [-0.2, 0) is 6.18 Å². The highest BCUT2D eigenvalue weighted by Crippen LogP contribution is 2.37. The monoisotopic (exact) mass is 478 g/mol. The second-order valence-corrected chi connectivity index (χ2v) is 8.59. The number of fused-ring (bicyclic) bond motifs is 1. The summed E-state index contributed by atoms with van der Waals surface area (Å²) in [5.41, 5.74) is 0.0682. The molecule has 2 aromatic carbocycles. The lowest BCUT2D eigenvalue weighted by Crippen LogP contribution is -2.44. The number of anilines is 2. The van der Waals surface area contributed by atoms with Gasteiger partial charge in [0.2, 0.25) is 0 Å². The van der Waals surface area contributed by atoms with E-state index in [1.54, 1.807) is 6.07 Å². The van der Waals surface area contributed by atoms with Crippen molar-refractivity contribution in [1.82, 2.24) is 14.8 Å². The smallest absolute Gasteiger partial charge is 0.417 e. The van der Waals surface area contributed by atoms with Crippen LogP contribution in [0.5, 0.6) is 5.75 Å². The minimum Gasteiger partial charge on any atom is -0.493 e. The minimum atomic E-state index is -4.53. The summed E-state index contributed by atoms with van der Waals surface area (Å²) in [6.45, 7) is 5.98. The quantitative estimate of drug-likeness (QED) is 0.443. The Balaban J connectivity index is 1.40. The standard InChI is InChI=1S/C24H26ClF3N4O/c1-31-11-13-32(14-12-31)10-3-15-33-22-5-2-4-21-18(22)7-9-23(30-21)29-17-6-8-20(25)19(16-17)24(26,27)28/h2,4-9,16H,3,10-15H2,1H3,(H,29,30). The van der Waals surface area contributed by atoms with E-state index in [0.29, 0.717) is 17.9 Å². The third-order valence-corrected chi connectivity index (χ3v) is 6.04. The number of pyridine rings is 1. The minimum absolute atomic E-state index is 0.259. The number of rotatable bonds is 7. The van der Waals surface area contributed by atoms with Crippen molar-refractivity contribution in [2.24, 2.45) is 0 Å². The van der Waals surface area contributed by atoms with Gasteiger partial charge in [0.1, 0.15) is 11.6 Å². The number of ether oxygens (including phenoxy) is 1. The van der Waals surface area contributed by atoms with Crippen molar-refractivity contribution < 1.29 is 17.9 Å². The normalized spacial score (nSPS) is 15.7. The Hall–Kier alpha value is -2.55. The number of benzene rings is 2. The highest BCUT2D eigenvalue weighted by atomic mass is 35.5. The summed E-state index contributed by atoms with van der Waals surface area (Å²) in [5.74, 6) is 1.18. The molecule has 1 N–H and O–H groups in total. The Morgan fingerprint density at radius 1 is 1.06 bits per heavy atom. The summed E-state index contributed by atoms with van der Waals surface area (Å²) in [7, 11) is 2.14. The average Bonchev–Trinajstić information content (AvgIpc) is 2.78. The highest BCUT2D eigenvalue weighted by molar-refractivity contribution is 6.31. The van der Waals surface area contributed by atoms with E-state index in [1.165, 1.54) is 12.1 Å². The molecule has 0 bridgehead atoms. The lowest BCUT2D eigenvalue weighted by molar-refractivity contribution is -0.137. The predicted molar refractivity (Wildman–Crippen MR) is 126 cm³/mol. The van der Waals surface area contributed by atoms with Gasteiger partial charge in [0, 0.05) is 43.8 Å². The Kier molecular flexibility index (Phi) is 7.26. The summed E-state index contributed by atoms with van der Waals surface area (Å²) in [5, 5.41) is 3.44. The molecule has 2 heterocycles. The molecule has 1 aromatic heterocycles. The van der Waals surface area contributed by atoms with E-state index >= 15 is 0 Å². The van der Waals surface area contributed by atoms with Gasteiger partial charge in [-0.05, 0) is 55.9 Å². The number of nitrogens with zero attached hydrogens (tertiary/aromatic N) is 3. The SMILES string of the molecule is CN1CCN(CCCOc2cccc3nc(Nc4ccc(Cl)c(C(F)(F)F)c4)ccc23)CC1. The van der Waals surface area contributed by atoms with Gasteiger partial charge in [-0.3, -0.25) is 0 Å². The molecule has 0 spiro atoms. The number of aromatic nitrogens is 1. The lowest BCUT2D eigenvalue weighted by atomic mass is 10.2. The number of hydrogen-bond acceptors (Lipinski definition) is 5. The maximum atomic E-state index is 13.1. The molecule has 0 saturated carbocycles. The van der Waals surface area contributed by atoms with Crippen LogP contribution in [-0.4, -0.2) is 61.2 Å². The number of likely N-dealkylation sites (N-methyl/N-ethyl adjacent to an activating group) is 1. The fourth-order valence-electron chi connectivity index (χ4n) is 3.83. The second kappa shape index (κ2) is 10.2. The average molecular weight is 479 g/mol. The molecule has 0 amide bonds. The second-order valence-electron chi connectivity index (χ2n) is 8.18. The Labute approximate surface area is 196 Å². The number of hydrogen-bond donors (Lipinski definition) is 1. The molecule has 176 valence electrons. The van der Waals surface area contributed by atoms with E-state index < -0.39 is 11.7 Å². The van der Waals surface area contributed by atoms with Gasteiger partial charge in [-0.2, -0.15) is 13.2 Å². The predicted octanol–water partition coefficient (Wildman–Crippen LogP) is 5.67. The molecule has 1 saturated heterocycles. The number of halogens is 4. The Bertz CT molecular complexity index is 1100. The number of nitrogens with one attached hydrogen (secondary N) is 1. The third-order valence-electron chi connectivity index (χ3n) is 5.71. The van der Waals surface area contributed by atoms with Crippen LogP contribution in [0.4, 0.5) is 24.7 Å². The van der Waals surface area contributed by atoms with E-state index in [9.17, 15) is 13.2 Å². The molecular weight excluding hydrogens is 453 g/mol. The van der Waals surface area contributed by atoms with Crippen molar-refractivity contribution in [2.75, 3.05) is 51.7 Å². The first-order valence-electron chi connectivity index (χ1n) is 10.9. The first-order chi connectivity index (χ1) is 15.8. The van der Waals surface area contributed by atoms with Crippen LogP contribution in [0.2, 0.25) is 5.02 Å². The van der Waals surface area contributed by atoms with Crippen LogP contribution in [0.3, 0.4) is 0 Å². The van der Waals surface area contributed by atoms with Crippen LogP contribution >= 0.6 is 11.6 Å². The first-order valence-corrected chi connectivity index (χ1v) is 11.2. The van der Waals surface area contributed by atoms with E-state index in [0.717, 1.165) is 56.3 Å². The molecule has 0 aliphatic carbocycles. The maximum absolute atomic E-state index is 13.1. The Morgan fingerprint density at radius 3 is 2.61 bits per heavy atom. The lowest BCUT2D eigenvalue weighted by Gasteiger charge is -2.32. The van der Waals surface area contributed by atoms with Crippen molar-refractivity contribution >= 4 is 34.0 Å². The maximum Gasteiger partial charge on any atom is 0.417 e. The van der Waals surface area contributed by atoms with Crippen LogP contribution < -0.4 is 10.1 Å². The summed E-state index contributed by atoms with van der Waals surface area (Å²) < 4.78 is 45.4. The molecule has 1 fully saturated rings. The summed E-state index contributed by atoms with van der Waals surface area (Å²) >= 11 is 5.70. The topological polar surface area (TPSA) is 40.6 Å². The molecule has 1 aliphatic heterocycles. The van der Waals surface area contributed by atoms with Crippen molar-refractivity contribution in [2.45, 2.75) is 12.6 Å². The molecule has 5 nitrogen and oxygen atoms in total. The van der Waals surface area contributed by atoms with Crippen molar-refractivity contribution in [3.05, 3.63) is 59.1 Å². The van der Waals surface area contributed by atoms with Crippen molar-refractivity contribution in [3.8, 4) is 5.75 Å². The van der Waals surface area contributed by atoms with E-state index in [-0.39, 0.29) is 10.7 Å². The number of alkyl halides is 3. The van der Waals surface area contributed by atoms with Gasteiger partial charge in [-0.25, -0.2) is 4.98 Å². The Morgan fingerprint density at radius 2 is 1.85 bits per heavy atom. The molecule has 33 heavy (non-hydrogen) atoms.